The number of carboxylic acid groups (broad SMARTS) is 1. The molecule has 0 fully saturated rings. The highest BCUT2D eigenvalue weighted by molar-refractivity contribution is 5.91. The second-order valence-electron chi connectivity index (χ2n) is 3.39. The first-order chi connectivity index (χ1) is 8.04. The zero-order valence-electron chi connectivity index (χ0n) is 9.64. The van der Waals surface area contributed by atoms with Crippen molar-refractivity contribution in [3.8, 4) is 11.5 Å². The Hall–Kier alpha value is -1.79. The van der Waals surface area contributed by atoms with Gasteiger partial charge in [-0.25, -0.2) is 4.79 Å². The van der Waals surface area contributed by atoms with Crippen LogP contribution in [-0.2, 0) is 0 Å². The van der Waals surface area contributed by atoms with E-state index in [1.165, 1.54) is 26.4 Å². The molecule has 0 aromatic heterocycles. The van der Waals surface area contributed by atoms with Gasteiger partial charge in [0.1, 0.15) is 17.1 Å². The number of aliphatic hydroxyl groups excluding tert-OH is 1. The first-order valence-electron chi connectivity index (χ1n) is 4.90. The van der Waals surface area contributed by atoms with Gasteiger partial charge < -0.3 is 25.4 Å². The quantitative estimate of drug-likeness (QED) is 0.689. The number of nitrogens with two attached hydrogens (primary N) is 1. The Morgan fingerprint density at radius 1 is 1.35 bits per heavy atom. The van der Waals surface area contributed by atoms with Gasteiger partial charge in [-0.05, 0) is 6.07 Å². The molecule has 0 aliphatic heterocycles. The van der Waals surface area contributed by atoms with Crippen LogP contribution in [0.2, 0.25) is 0 Å². The van der Waals surface area contributed by atoms with Crippen LogP contribution in [0.5, 0.6) is 11.5 Å². The minimum absolute atomic E-state index is 0.0211. The maximum absolute atomic E-state index is 11.0. The number of carbonyl (C=O) groups is 1. The summed E-state index contributed by atoms with van der Waals surface area (Å²) in [6.07, 6.45) is 0. The van der Waals surface area contributed by atoms with Crippen molar-refractivity contribution in [1.82, 2.24) is 0 Å². The normalized spacial score (nSPS) is 12.0. The van der Waals surface area contributed by atoms with E-state index in [2.05, 4.69) is 0 Å². The maximum atomic E-state index is 11.0. The van der Waals surface area contributed by atoms with Gasteiger partial charge in [-0.1, -0.05) is 0 Å². The van der Waals surface area contributed by atoms with Crippen LogP contribution in [0.1, 0.15) is 22.0 Å². The first kappa shape index (κ1) is 13.3. The molecule has 4 N–H and O–H groups in total. The molecule has 0 saturated heterocycles. The van der Waals surface area contributed by atoms with Gasteiger partial charge in [0.15, 0.2) is 0 Å². The maximum Gasteiger partial charge on any atom is 0.339 e. The van der Waals surface area contributed by atoms with E-state index in [4.69, 9.17) is 25.4 Å². The molecule has 0 aliphatic carbocycles. The minimum Gasteiger partial charge on any atom is -0.496 e. The molecule has 0 heterocycles. The second kappa shape index (κ2) is 5.51. The van der Waals surface area contributed by atoms with Crippen LogP contribution < -0.4 is 15.2 Å². The fraction of sp³-hybridized carbons (Fsp3) is 0.364. The van der Waals surface area contributed by atoms with Crippen molar-refractivity contribution in [3.63, 3.8) is 0 Å². The lowest BCUT2D eigenvalue weighted by Gasteiger charge is -2.16. The lowest BCUT2D eigenvalue weighted by molar-refractivity contribution is 0.0693. The van der Waals surface area contributed by atoms with Gasteiger partial charge in [0.2, 0.25) is 0 Å². The summed E-state index contributed by atoms with van der Waals surface area (Å²) in [5, 5.41) is 18.0. The van der Waals surface area contributed by atoms with E-state index in [0.717, 1.165) is 0 Å². The smallest absolute Gasteiger partial charge is 0.339 e. The third kappa shape index (κ3) is 2.66. The zero-order chi connectivity index (χ0) is 13.0. The van der Waals surface area contributed by atoms with Gasteiger partial charge in [0.05, 0.1) is 26.9 Å². The summed E-state index contributed by atoms with van der Waals surface area (Å²) in [7, 11) is 2.80. The number of rotatable bonds is 5. The molecule has 1 atom stereocenters. The van der Waals surface area contributed by atoms with Crippen molar-refractivity contribution >= 4 is 5.97 Å². The van der Waals surface area contributed by atoms with Gasteiger partial charge in [-0.3, -0.25) is 0 Å². The number of methoxy groups -OCH3 is 2. The molecule has 94 valence electrons. The van der Waals surface area contributed by atoms with Gasteiger partial charge >= 0.3 is 5.97 Å². The molecule has 6 nitrogen and oxygen atoms in total. The summed E-state index contributed by atoms with van der Waals surface area (Å²) < 4.78 is 10.0. The molecule has 1 rings (SSSR count). The van der Waals surface area contributed by atoms with E-state index in [1.807, 2.05) is 0 Å². The van der Waals surface area contributed by atoms with E-state index in [9.17, 15) is 4.79 Å². The van der Waals surface area contributed by atoms with E-state index in [-0.39, 0.29) is 17.9 Å². The minimum atomic E-state index is -1.13. The molecule has 0 saturated carbocycles. The standard InChI is InChI=1S/C11H15NO5/c1-16-9-4-10(17-2)7(11(14)15)3-6(9)8(12)5-13/h3-4,8,13H,5,12H2,1-2H3,(H,14,15). The Kier molecular flexibility index (Phi) is 4.30. The zero-order valence-corrected chi connectivity index (χ0v) is 9.64. The number of benzene rings is 1. The Morgan fingerprint density at radius 2 is 1.94 bits per heavy atom. The van der Waals surface area contributed by atoms with Crippen molar-refractivity contribution in [1.29, 1.82) is 0 Å². The first-order valence-corrected chi connectivity index (χ1v) is 4.90. The number of hydrogen-bond donors (Lipinski definition) is 3. The van der Waals surface area contributed by atoms with Gasteiger partial charge in [0, 0.05) is 11.6 Å². The summed E-state index contributed by atoms with van der Waals surface area (Å²) >= 11 is 0. The molecule has 1 unspecified atom stereocenters. The Morgan fingerprint density at radius 3 is 2.35 bits per heavy atom. The summed E-state index contributed by atoms with van der Waals surface area (Å²) in [6.45, 7) is -0.304. The number of ether oxygens (including phenoxy) is 2. The third-order valence-corrected chi connectivity index (χ3v) is 2.38. The fourth-order valence-corrected chi connectivity index (χ4v) is 1.48. The topological polar surface area (TPSA) is 102 Å². The lowest BCUT2D eigenvalue weighted by Crippen LogP contribution is -2.16. The summed E-state index contributed by atoms with van der Waals surface area (Å²) in [5.41, 5.74) is 6.07. The highest BCUT2D eigenvalue weighted by Crippen LogP contribution is 2.32. The second-order valence-corrected chi connectivity index (χ2v) is 3.39. The van der Waals surface area contributed by atoms with Crippen LogP contribution >= 0.6 is 0 Å². The van der Waals surface area contributed by atoms with Crippen molar-refractivity contribution in [3.05, 3.63) is 23.3 Å². The lowest BCUT2D eigenvalue weighted by atomic mass is 10.0. The number of carboxylic acids is 1. The average molecular weight is 241 g/mol. The van der Waals surface area contributed by atoms with Crippen LogP contribution in [0.4, 0.5) is 0 Å². The Labute approximate surface area is 98.6 Å². The third-order valence-electron chi connectivity index (χ3n) is 2.38. The van der Waals surface area contributed by atoms with Crippen LogP contribution in [-0.4, -0.2) is 37.0 Å². The summed E-state index contributed by atoms with van der Waals surface area (Å²) in [4.78, 5) is 11.0. The number of aliphatic hydroxyl groups is 1. The van der Waals surface area contributed by atoms with Crippen molar-refractivity contribution in [2.24, 2.45) is 5.73 Å². The molecule has 1 aromatic carbocycles. The molecule has 6 heteroatoms. The Bertz CT molecular complexity index is 419. The molecule has 0 spiro atoms. The summed E-state index contributed by atoms with van der Waals surface area (Å²) in [5.74, 6) is -0.562. The Balaban J connectivity index is 3.38. The average Bonchev–Trinajstić information content (AvgIpc) is 2.35. The molecule has 0 radical (unpaired) electrons. The monoisotopic (exact) mass is 241 g/mol. The van der Waals surface area contributed by atoms with Crippen molar-refractivity contribution in [2.45, 2.75) is 6.04 Å². The fourth-order valence-electron chi connectivity index (χ4n) is 1.48. The van der Waals surface area contributed by atoms with Crippen molar-refractivity contribution in [2.75, 3.05) is 20.8 Å². The number of hydrogen-bond acceptors (Lipinski definition) is 5. The molecule has 1 aromatic rings. The highest BCUT2D eigenvalue weighted by atomic mass is 16.5. The molecule has 17 heavy (non-hydrogen) atoms. The van der Waals surface area contributed by atoms with Crippen molar-refractivity contribution < 1.29 is 24.5 Å². The van der Waals surface area contributed by atoms with Crippen LogP contribution in [0.3, 0.4) is 0 Å². The molecular formula is C11H15NO5. The molecule has 0 aliphatic rings. The van der Waals surface area contributed by atoms with Crippen LogP contribution in [0.15, 0.2) is 12.1 Å². The van der Waals surface area contributed by atoms with E-state index >= 15 is 0 Å². The van der Waals surface area contributed by atoms with Crippen LogP contribution in [0.25, 0.3) is 0 Å². The van der Waals surface area contributed by atoms with E-state index < -0.39 is 12.0 Å². The van der Waals surface area contributed by atoms with Gasteiger partial charge in [-0.2, -0.15) is 0 Å². The summed E-state index contributed by atoms with van der Waals surface area (Å²) in [6, 6.07) is 2.09. The predicted molar refractivity (Wildman–Crippen MR) is 60.5 cm³/mol. The van der Waals surface area contributed by atoms with E-state index in [1.54, 1.807) is 0 Å². The van der Waals surface area contributed by atoms with Gasteiger partial charge in [-0.15, -0.1) is 0 Å². The number of aromatic carboxylic acids is 1. The SMILES string of the molecule is COc1cc(OC)c(C(N)CO)cc1C(=O)O. The van der Waals surface area contributed by atoms with Crippen LogP contribution in [0, 0.1) is 0 Å². The largest absolute Gasteiger partial charge is 0.496 e. The molecular weight excluding hydrogens is 226 g/mol. The van der Waals surface area contributed by atoms with E-state index in [0.29, 0.717) is 11.3 Å². The van der Waals surface area contributed by atoms with Gasteiger partial charge in [0.25, 0.3) is 0 Å². The molecule has 0 amide bonds. The predicted octanol–water partition coefficient (Wildman–Crippen LogP) is 0.394. The molecule has 0 bridgehead atoms. The highest BCUT2D eigenvalue weighted by Gasteiger charge is 2.19.